The number of carboxylic acids is 1. The number of benzene rings is 2. The number of halogens is 8. The van der Waals surface area contributed by atoms with Gasteiger partial charge in [-0.15, -0.1) is 0 Å². The molecule has 0 aliphatic heterocycles. The van der Waals surface area contributed by atoms with Gasteiger partial charge in [0.25, 0.3) is 0 Å². The van der Waals surface area contributed by atoms with Crippen molar-refractivity contribution in [2.45, 2.75) is 25.6 Å². The number of carbonyl (C=O) groups is 1. The fourth-order valence-electron chi connectivity index (χ4n) is 2.92. The Morgan fingerprint density at radius 1 is 1.03 bits per heavy atom. The highest BCUT2D eigenvalue weighted by Crippen LogP contribution is 2.42. The van der Waals surface area contributed by atoms with Gasteiger partial charge < -0.3 is 9.84 Å². The summed E-state index contributed by atoms with van der Waals surface area (Å²) in [6.45, 7) is -1.12. The van der Waals surface area contributed by atoms with E-state index in [2.05, 4.69) is 4.37 Å². The van der Waals surface area contributed by atoms with Gasteiger partial charge in [0.2, 0.25) is 0 Å². The van der Waals surface area contributed by atoms with Gasteiger partial charge in [0, 0.05) is 17.0 Å². The number of rotatable bonds is 7. The number of hydrogen-bond acceptors (Lipinski definition) is 4. The Morgan fingerprint density at radius 3 is 2.12 bits per heavy atom. The Kier molecular flexibility index (Phi) is 7.17. The lowest BCUT2D eigenvalue weighted by molar-refractivity contribution is -0.137. The molecular formula is C20H11ClF7NO3S. The molecule has 1 N–H and O–H groups in total. The van der Waals surface area contributed by atoms with Crippen LogP contribution in [0.5, 0.6) is 5.75 Å². The summed E-state index contributed by atoms with van der Waals surface area (Å²) in [4.78, 5) is 9.23. The van der Waals surface area contributed by atoms with Crippen molar-refractivity contribution in [1.82, 2.24) is 4.37 Å². The Morgan fingerprint density at radius 2 is 1.61 bits per heavy atom. The predicted octanol–water partition coefficient (Wildman–Crippen LogP) is 6.63. The van der Waals surface area contributed by atoms with Gasteiger partial charge in [-0.3, -0.25) is 4.79 Å². The van der Waals surface area contributed by atoms with Gasteiger partial charge in [0.05, 0.1) is 11.3 Å². The van der Waals surface area contributed by atoms with Gasteiger partial charge in [-0.05, 0) is 47.8 Å². The van der Waals surface area contributed by atoms with Crippen LogP contribution in [0, 0.1) is 23.3 Å². The van der Waals surface area contributed by atoms with Crippen LogP contribution < -0.4 is 4.74 Å². The van der Waals surface area contributed by atoms with E-state index in [1.54, 1.807) is 0 Å². The van der Waals surface area contributed by atoms with Gasteiger partial charge in [-0.1, -0.05) is 11.6 Å². The number of hydrogen-bond donors (Lipinski definition) is 1. The third-order valence-electron chi connectivity index (χ3n) is 4.34. The lowest BCUT2D eigenvalue weighted by Crippen LogP contribution is -2.10. The SMILES string of the molecule is O=C(O)CCc1cc(F)c(OCc2c(-c3c(F)cc(Cl)cc3F)nsc2C(F)(F)F)c(F)c1. The van der Waals surface area contributed by atoms with Crippen molar-refractivity contribution in [3.8, 4) is 17.0 Å². The van der Waals surface area contributed by atoms with Gasteiger partial charge in [-0.25, -0.2) is 17.6 Å². The lowest BCUT2D eigenvalue weighted by atomic mass is 10.0. The Balaban J connectivity index is 1.99. The van der Waals surface area contributed by atoms with E-state index in [-0.39, 0.29) is 28.5 Å². The molecule has 0 amide bonds. The highest BCUT2D eigenvalue weighted by atomic mass is 35.5. The van der Waals surface area contributed by atoms with Crippen molar-refractivity contribution in [2.75, 3.05) is 0 Å². The molecule has 2 aromatic carbocycles. The summed E-state index contributed by atoms with van der Waals surface area (Å²) in [5.74, 6) is -7.41. The van der Waals surface area contributed by atoms with Crippen molar-refractivity contribution in [3.63, 3.8) is 0 Å². The molecule has 3 aromatic rings. The van der Waals surface area contributed by atoms with Gasteiger partial charge >= 0.3 is 12.1 Å². The molecular weight excluding hydrogens is 503 g/mol. The van der Waals surface area contributed by atoms with E-state index >= 15 is 0 Å². The number of aliphatic carboxylic acids is 1. The van der Waals surface area contributed by atoms with Crippen molar-refractivity contribution < 1.29 is 45.4 Å². The molecule has 1 aromatic heterocycles. The summed E-state index contributed by atoms with van der Waals surface area (Å²) >= 11 is 5.43. The van der Waals surface area contributed by atoms with E-state index in [0.717, 1.165) is 12.1 Å². The molecule has 0 unspecified atom stereocenters. The van der Waals surface area contributed by atoms with Crippen molar-refractivity contribution in [2.24, 2.45) is 0 Å². The average molecular weight is 514 g/mol. The second-order valence-electron chi connectivity index (χ2n) is 6.65. The average Bonchev–Trinajstić information content (AvgIpc) is 3.09. The standard InChI is InChI=1S/C20H11ClF7NO3S/c21-9-5-11(22)16(12(23)6-9)17-10(19(33-29-17)20(26,27)28)7-32-18-13(24)3-8(4-14(18)25)1-2-15(30)31/h3-6H,1-2,7H2,(H,30,31). The molecule has 3 rings (SSSR count). The lowest BCUT2D eigenvalue weighted by Gasteiger charge is -2.13. The molecule has 0 fully saturated rings. The van der Waals surface area contributed by atoms with Crippen LogP contribution in [0.25, 0.3) is 11.3 Å². The first-order chi connectivity index (χ1) is 15.4. The summed E-state index contributed by atoms with van der Waals surface area (Å²) in [7, 11) is 0. The van der Waals surface area contributed by atoms with Crippen molar-refractivity contribution in [1.29, 1.82) is 0 Å². The topological polar surface area (TPSA) is 59.4 Å². The van der Waals surface area contributed by atoms with Crippen LogP contribution in [0.2, 0.25) is 5.02 Å². The van der Waals surface area contributed by atoms with Gasteiger partial charge in [-0.2, -0.15) is 17.5 Å². The van der Waals surface area contributed by atoms with E-state index in [0.29, 0.717) is 12.1 Å². The fraction of sp³-hybridized carbons (Fsp3) is 0.200. The quantitative estimate of drug-likeness (QED) is 0.360. The summed E-state index contributed by atoms with van der Waals surface area (Å²) in [5, 5.41) is 8.31. The van der Waals surface area contributed by atoms with Crippen LogP contribution in [0.4, 0.5) is 30.7 Å². The molecule has 1 heterocycles. The summed E-state index contributed by atoms with van der Waals surface area (Å²) in [6, 6.07) is 2.90. The van der Waals surface area contributed by atoms with E-state index in [9.17, 15) is 35.5 Å². The predicted molar refractivity (Wildman–Crippen MR) is 104 cm³/mol. The maximum absolute atomic E-state index is 14.3. The first-order valence-corrected chi connectivity index (χ1v) is 10.1. The third-order valence-corrected chi connectivity index (χ3v) is 5.49. The van der Waals surface area contributed by atoms with Crippen LogP contribution in [0.1, 0.15) is 22.4 Å². The van der Waals surface area contributed by atoms with E-state index < -0.39 is 75.9 Å². The molecule has 0 saturated heterocycles. The van der Waals surface area contributed by atoms with E-state index in [4.69, 9.17) is 21.4 Å². The number of aryl methyl sites for hydroxylation is 1. The normalized spacial score (nSPS) is 11.6. The molecule has 0 saturated carbocycles. The Labute approximate surface area is 190 Å². The first-order valence-electron chi connectivity index (χ1n) is 8.91. The molecule has 13 heteroatoms. The molecule has 0 aliphatic rings. The molecule has 176 valence electrons. The number of aromatic nitrogens is 1. The number of nitrogens with zero attached hydrogens (tertiary/aromatic N) is 1. The van der Waals surface area contributed by atoms with Crippen LogP contribution in [-0.2, 0) is 24.0 Å². The Hall–Kier alpha value is -2.86. The first kappa shape index (κ1) is 24.8. The Bertz CT molecular complexity index is 1170. The molecule has 0 aliphatic carbocycles. The highest BCUT2D eigenvalue weighted by Gasteiger charge is 2.39. The maximum atomic E-state index is 14.3. The minimum Gasteiger partial charge on any atom is -0.483 e. The number of ether oxygens (including phenoxy) is 1. The second kappa shape index (κ2) is 9.56. The maximum Gasteiger partial charge on any atom is 0.427 e. The number of alkyl halides is 3. The van der Waals surface area contributed by atoms with Crippen LogP contribution in [-0.4, -0.2) is 15.4 Å². The van der Waals surface area contributed by atoms with Crippen molar-refractivity contribution in [3.05, 3.63) is 68.6 Å². The third kappa shape index (κ3) is 5.56. The largest absolute Gasteiger partial charge is 0.483 e. The second-order valence-corrected chi connectivity index (χ2v) is 7.86. The smallest absolute Gasteiger partial charge is 0.427 e. The molecule has 0 radical (unpaired) electrons. The number of carboxylic acid groups (broad SMARTS) is 1. The highest BCUT2D eigenvalue weighted by molar-refractivity contribution is 7.06. The molecule has 33 heavy (non-hydrogen) atoms. The summed E-state index contributed by atoms with van der Waals surface area (Å²) in [6.07, 6.45) is -5.60. The van der Waals surface area contributed by atoms with Crippen molar-refractivity contribution >= 4 is 29.1 Å². The minimum atomic E-state index is -4.99. The molecule has 4 nitrogen and oxygen atoms in total. The van der Waals surface area contributed by atoms with Crippen LogP contribution in [0.3, 0.4) is 0 Å². The summed E-state index contributed by atoms with van der Waals surface area (Å²) < 4.78 is 106. The van der Waals surface area contributed by atoms with Gasteiger partial charge in [0.15, 0.2) is 17.4 Å². The minimum absolute atomic E-state index is 0.0149. The zero-order valence-corrected chi connectivity index (χ0v) is 17.6. The molecule has 0 bridgehead atoms. The van der Waals surface area contributed by atoms with Gasteiger partial charge in [0.1, 0.15) is 23.1 Å². The summed E-state index contributed by atoms with van der Waals surface area (Å²) in [5.41, 5.74) is -2.51. The molecule has 0 spiro atoms. The fourth-order valence-corrected chi connectivity index (χ4v) is 3.87. The zero-order valence-electron chi connectivity index (χ0n) is 16.1. The van der Waals surface area contributed by atoms with E-state index in [1.807, 2.05) is 0 Å². The van der Waals surface area contributed by atoms with Crippen LogP contribution >= 0.6 is 23.1 Å². The zero-order chi connectivity index (χ0) is 24.5. The van der Waals surface area contributed by atoms with E-state index in [1.165, 1.54) is 0 Å². The molecule has 0 atom stereocenters. The monoisotopic (exact) mass is 513 g/mol. The van der Waals surface area contributed by atoms with Crippen LogP contribution in [0.15, 0.2) is 24.3 Å².